The first-order valence-corrected chi connectivity index (χ1v) is 11.2. The summed E-state index contributed by atoms with van der Waals surface area (Å²) in [7, 11) is 0. The van der Waals surface area contributed by atoms with Crippen molar-refractivity contribution in [2.45, 2.75) is 43.7 Å². The quantitative estimate of drug-likeness (QED) is 0.524. The van der Waals surface area contributed by atoms with Crippen molar-refractivity contribution in [2.24, 2.45) is 17.8 Å². The first kappa shape index (κ1) is 18.9. The van der Waals surface area contributed by atoms with E-state index in [-0.39, 0.29) is 18.4 Å². The van der Waals surface area contributed by atoms with E-state index in [1.54, 1.807) is 6.20 Å². The van der Waals surface area contributed by atoms with E-state index in [1.807, 2.05) is 42.6 Å². The number of anilines is 1. The molecule has 6 heteroatoms. The predicted molar refractivity (Wildman–Crippen MR) is 118 cm³/mol. The van der Waals surface area contributed by atoms with Crippen molar-refractivity contribution in [1.82, 2.24) is 9.97 Å². The summed E-state index contributed by atoms with van der Waals surface area (Å²) in [5.41, 5.74) is 1.71. The number of benzene rings is 1. The van der Waals surface area contributed by atoms with Crippen LogP contribution in [0.25, 0.3) is 11.0 Å². The van der Waals surface area contributed by atoms with Crippen molar-refractivity contribution in [2.75, 3.05) is 11.9 Å². The minimum Gasteiger partial charge on any atom is -0.485 e. The van der Waals surface area contributed by atoms with E-state index >= 15 is 0 Å². The van der Waals surface area contributed by atoms with Crippen LogP contribution < -0.4 is 10.1 Å². The van der Waals surface area contributed by atoms with Gasteiger partial charge in [-0.25, -0.2) is 4.98 Å². The molecule has 4 aliphatic rings. The standard InChI is InChI=1S/C25H27N3O3/c29-21(14-31-18-4-2-1-3-5-18)20-13-27-24-19(6-7-26-24)23(20)28-22-16-8-15-9-17(22)12-25(30,10-15)11-16/h1-7,13,15-17,22,30H,8-12,14H2,(H2,26,27,28)/t15?,16-,17+,22+,25-. The molecule has 0 amide bonds. The summed E-state index contributed by atoms with van der Waals surface area (Å²) in [5.74, 6) is 2.12. The highest BCUT2D eigenvalue weighted by molar-refractivity contribution is 6.08. The summed E-state index contributed by atoms with van der Waals surface area (Å²) in [5, 5.41) is 15.6. The predicted octanol–water partition coefficient (Wildman–Crippen LogP) is 4.18. The van der Waals surface area contributed by atoms with Crippen molar-refractivity contribution >= 4 is 22.5 Å². The molecular weight excluding hydrogens is 390 g/mol. The molecule has 0 saturated heterocycles. The van der Waals surface area contributed by atoms with E-state index < -0.39 is 5.60 Å². The number of carbonyl (C=O) groups is 1. The molecule has 1 unspecified atom stereocenters. The second-order valence-electron chi connectivity index (χ2n) is 9.68. The number of para-hydroxylation sites is 1. The number of fused-ring (bicyclic) bond motifs is 1. The maximum absolute atomic E-state index is 13.1. The van der Waals surface area contributed by atoms with Crippen molar-refractivity contribution in [1.29, 1.82) is 0 Å². The zero-order chi connectivity index (χ0) is 21.0. The third-order valence-corrected chi connectivity index (χ3v) is 7.55. The van der Waals surface area contributed by atoms with E-state index in [1.165, 1.54) is 0 Å². The van der Waals surface area contributed by atoms with Gasteiger partial charge in [-0.15, -0.1) is 0 Å². The first-order chi connectivity index (χ1) is 15.1. The van der Waals surface area contributed by atoms with Gasteiger partial charge in [0.15, 0.2) is 6.61 Å². The highest BCUT2D eigenvalue weighted by atomic mass is 16.5. The van der Waals surface area contributed by atoms with Gasteiger partial charge in [-0.05, 0) is 68.1 Å². The van der Waals surface area contributed by atoms with Crippen molar-refractivity contribution < 1.29 is 14.6 Å². The SMILES string of the molecule is O=C(COc1ccccc1)c1cnc2[nH]ccc2c1N[C@H]1[C@@H]2CC3C[C@H]1C[C@@](O)(C3)C2. The minimum absolute atomic E-state index is 0.0321. The lowest BCUT2D eigenvalue weighted by atomic mass is 9.52. The monoisotopic (exact) mass is 417 g/mol. The molecular formula is C25H27N3O3. The fourth-order valence-electron chi connectivity index (χ4n) is 6.50. The maximum atomic E-state index is 13.1. The average Bonchev–Trinajstić information content (AvgIpc) is 3.23. The number of carbonyl (C=O) groups excluding carboxylic acids is 1. The molecule has 1 aromatic carbocycles. The first-order valence-electron chi connectivity index (χ1n) is 11.2. The number of aromatic amines is 1. The smallest absolute Gasteiger partial charge is 0.203 e. The number of aromatic nitrogens is 2. The Labute approximate surface area is 181 Å². The highest BCUT2D eigenvalue weighted by Crippen LogP contribution is 2.56. The summed E-state index contributed by atoms with van der Waals surface area (Å²) in [6, 6.07) is 11.6. The Morgan fingerprint density at radius 3 is 2.68 bits per heavy atom. The lowest BCUT2D eigenvalue weighted by molar-refractivity contribution is -0.129. The molecule has 4 bridgehead atoms. The van der Waals surface area contributed by atoms with E-state index in [9.17, 15) is 9.90 Å². The molecule has 5 atom stereocenters. The fourth-order valence-corrected chi connectivity index (χ4v) is 6.50. The normalized spacial score (nSPS) is 31.1. The van der Waals surface area contributed by atoms with Crippen LogP contribution in [0, 0.1) is 17.8 Å². The lowest BCUT2D eigenvalue weighted by Gasteiger charge is -2.58. The summed E-state index contributed by atoms with van der Waals surface area (Å²) in [6.07, 6.45) is 8.53. The number of rotatable bonds is 6. The van der Waals surface area contributed by atoms with Crippen LogP contribution in [0.1, 0.15) is 42.5 Å². The summed E-state index contributed by atoms with van der Waals surface area (Å²) in [4.78, 5) is 20.8. The Morgan fingerprint density at radius 2 is 1.94 bits per heavy atom. The van der Waals surface area contributed by atoms with E-state index in [4.69, 9.17) is 4.74 Å². The van der Waals surface area contributed by atoms with Gasteiger partial charge in [0.05, 0.1) is 16.9 Å². The van der Waals surface area contributed by atoms with Gasteiger partial charge < -0.3 is 20.1 Å². The van der Waals surface area contributed by atoms with Gasteiger partial charge in [-0.3, -0.25) is 4.79 Å². The Hall–Kier alpha value is -2.86. The van der Waals surface area contributed by atoms with Crippen molar-refractivity contribution in [3.05, 3.63) is 54.4 Å². The molecule has 6 nitrogen and oxygen atoms in total. The van der Waals surface area contributed by atoms with Crippen LogP contribution >= 0.6 is 0 Å². The minimum atomic E-state index is -0.474. The van der Waals surface area contributed by atoms with E-state index in [0.717, 1.165) is 48.8 Å². The third kappa shape index (κ3) is 3.30. The molecule has 2 heterocycles. The summed E-state index contributed by atoms with van der Waals surface area (Å²) < 4.78 is 5.72. The number of Topliss-reactive ketones (excluding diaryl/α,β-unsaturated/α-hetero) is 1. The number of nitrogens with zero attached hydrogens (tertiary/aromatic N) is 1. The Kier molecular flexibility index (Phi) is 4.32. The summed E-state index contributed by atoms with van der Waals surface area (Å²) >= 11 is 0. The summed E-state index contributed by atoms with van der Waals surface area (Å²) in [6.45, 7) is -0.0321. The molecule has 4 saturated carbocycles. The Balaban J connectivity index is 1.30. The van der Waals surface area contributed by atoms with Crippen molar-refractivity contribution in [3.8, 4) is 5.75 Å². The molecule has 0 radical (unpaired) electrons. The molecule has 0 spiro atoms. The second kappa shape index (κ2) is 7.09. The van der Waals surface area contributed by atoms with Crippen LogP contribution in [0.3, 0.4) is 0 Å². The number of aliphatic hydroxyl groups is 1. The second-order valence-corrected chi connectivity index (χ2v) is 9.68. The van der Waals surface area contributed by atoms with Gasteiger partial charge in [0.1, 0.15) is 11.4 Å². The molecule has 160 valence electrons. The zero-order valence-corrected chi connectivity index (χ0v) is 17.4. The fraction of sp³-hybridized carbons (Fsp3) is 0.440. The Morgan fingerprint density at radius 1 is 1.16 bits per heavy atom. The highest BCUT2D eigenvalue weighted by Gasteiger charge is 2.54. The molecule has 7 rings (SSSR count). The number of ketones is 1. The topological polar surface area (TPSA) is 87.2 Å². The van der Waals surface area contributed by atoms with Gasteiger partial charge in [0, 0.05) is 23.8 Å². The largest absolute Gasteiger partial charge is 0.485 e. The van der Waals surface area contributed by atoms with Gasteiger partial charge in [-0.1, -0.05) is 18.2 Å². The van der Waals surface area contributed by atoms with Crippen LogP contribution in [-0.2, 0) is 0 Å². The van der Waals surface area contributed by atoms with E-state index in [2.05, 4.69) is 15.3 Å². The molecule has 31 heavy (non-hydrogen) atoms. The number of pyridine rings is 1. The molecule has 3 aromatic rings. The molecule has 3 N–H and O–H groups in total. The molecule has 4 fully saturated rings. The third-order valence-electron chi connectivity index (χ3n) is 7.55. The van der Waals surface area contributed by atoms with Crippen molar-refractivity contribution in [3.63, 3.8) is 0 Å². The lowest BCUT2D eigenvalue weighted by Crippen LogP contribution is -2.59. The average molecular weight is 418 g/mol. The number of nitrogens with one attached hydrogen (secondary N) is 2. The zero-order valence-electron chi connectivity index (χ0n) is 17.4. The number of hydrogen-bond acceptors (Lipinski definition) is 5. The van der Waals surface area contributed by atoms with Crippen LogP contribution in [0.2, 0.25) is 0 Å². The van der Waals surface area contributed by atoms with Crippen LogP contribution in [0.15, 0.2) is 48.8 Å². The molecule has 2 aromatic heterocycles. The maximum Gasteiger partial charge on any atom is 0.203 e. The van der Waals surface area contributed by atoms with Gasteiger partial charge in [0.2, 0.25) is 5.78 Å². The van der Waals surface area contributed by atoms with E-state index in [0.29, 0.717) is 29.1 Å². The molecule has 4 aliphatic carbocycles. The van der Waals surface area contributed by atoms with Gasteiger partial charge >= 0.3 is 0 Å². The van der Waals surface area contributed by atoms with Crippen LogP contribution in [0.5, 0.6) is 5.75 Å². The number of ether oxygens (including phenoxy) is 1. The van der Waals surface area contributed by atoms with Gasteiger partial charge in [-0.2, -0.15) is 0 Å². The number of hydrogen-bond donors (Lipinski definition) is 3. The Bertz CT molecular complexity index is 1110. The number of H-pyrrole nitrogens is 1. The molecule has 0 aliphatic heterocycles. The van der Waals surface area contributed by atoms with Gasteiger partial charge in [0.25, 0.3) is 0 Å². The van der Waals surface area contributed by atoms with Crippen LogP contribution in [-0.4, -0.2) is 39.1 Å². The van der Waals surface area contributed by atoms with Crippen LogP contribution in [0.4, 0.5) is 5.69 Å².